The van der Waals surface area contributed by atoms with Gasteiger partial charge in [-0.15, -0.1) is 5.10 Å². The van der Waals surface area contributed by atoms with Crippen LogP contribution in [0.4, 0.5) is 20.3 Å². The van der Waals surface area contributed by atoms with Crippen LogP contribution >= 0.6 is 0 Å². The lowest BCUT2D eigenvalue weighted by Gasteiger charge is -2.07. The molecule has 98 valence electrons. The molecule has 0 radical (unpaired) electrons. The monoisotopic (exact) mass is 264 g/mol. The Bertz CT molecular complexity index is 581. The van der Waals surface area contributed by atoms with Crippen LogP contribution in [0.25, 0.3) is 0 Å². The van der Waals surface area contributed by atoms with E-state index in [0.717, 1.165) is 12.1 Å². The van der Waals surface area contributed by atoms with E-state index in [-0.39, 0.29) is 17.1 Å². The number of benzene rings is 1. The molecule has 0 saturated heterocycles. The number of carbonyl (C=O) groups excluding carboxylic acids is 1. The molecule has 2 rings (SSSR count). The van der Waals surface area contributed by atoms with Crippen LogP contribution in [-0.2, 0) is 0 Å². The van der Waals surface area contributed by atoms with Crippen molar-refractivity contribution in [2.45, 2.75) is 0 Å². The van der Waals surface area contributed by atoms with Gasteiger partial charge in [0.1, 0.15) is 17.3 Å². The standard InChI is InChI=1S/C12H10F2N4O/c1-15-11-8(13)5-7(6-9(11)14)12(19)17-10-3-2-4-16-18-10/h2-6,15H,1H3,(H,17,18,19). The fourth-order valence-electron chi connectivity index (χ4n) is 1.50. The number of rotatable bonds is 3. The van der Waals surface area contributed by atoms with E-state index >= 15 is 0 Å². The highest BCUT2D eigenvalue weighted by Gasteiger charge is 2.14. The Morgan fingerprint density at radius 1 is 1.26 bits per heavy atom. The third-order valence-electron chi connectivity index (χ3n) is 2.37. The Labute approximate surface area is 107 Å². The van der Waals surface area contributed by atoms with Crippen LogP contribution in [0.1, 0.15) is 10.4 Å². The summed E-state index contributed by atoms with van der Waals surface area (Å²) in [6, 6.07) is 4.98. The van der Waals surface area contributed by atoms with Gasteiger partial charge in [-0.2, -0.15) is 5.10 Å². The van der Waals surface area contributed by atoms with E-state index in [1.807, 2.05) is 0 Å². The molecular weight excluding hydrogens is 254 g/mol. The minimum Gasteiger partial charge on any atom is -0.383 e. The first-order valence-corrected chi connectivity index (χ1v) is 5.37. The number of halogens is 2. The highest BCUT2D eigenvalue weighted by Crippen LogP contribution is 2.20. The van der Waals surface area contributed by atoms with Crippen LogP contribution in [0.15, 0.2) is 30.5 Å². The zero-order valence-electron chi connectivity index (χ0n) is 9.95. The van der Waals surface area contributed by atoms with Crippen molar-refractivity contribution >= 4 is 17.4 Å². The predicted molar refractivity (Wildman–Crippen MR) is 65.9 cm³/mol. The summed E-state index contributed by atoms with van der Waals surface area (Å²) in [5.74, 6) is -2.15. The van der Waals surface area contributed by atoms with Crippen molar-refractivity contribution in [2.24, 2.45) is 0 Å². The lowest BCUT2D eigenvalue weighted by Crippen LogP contribution is -2.14. The Hall–Kier alpha value is -2.57. The van der Waals surface area contributed by atoms with E-state index in [1.165, 1.54) is 19.3 Å². The smallest absolute Gasteiger partial charge is 0.257 e. The van der Waals surface area contributed by atoms with Gasteiger partial charge in [0, 0.05) is 18.8 Å². The molecule has 19 heavy (non-hydrogen) atoms. The summed E-state index contributed by atoms with van der Waals surface area (Å²) in [6.07, 6.45) is 1.44. The van der Waals surface area contributed by atoms with Gasteiger partial charge in [0.05, 0.1) is 0 Å². The average Bonchev–Trinajstić information content (AvgIpc) is 2.39. The summed E-state index contributed by atoms with van der Waals surface area (Å²) in [5, 5.41) is 12.0. The molecule has 0 aliphatic heterocycles. The second-order valence-electron chi connectivity index (χ2n) is 3.63. The first-order valence-electron chi connectivity index (χ1n) is 5.37. The maximum Gasteiger partial charge on any atom is 0.257 e. The minimum absolute atomic E-state index is 0.139. The molecule has 1 amide bonds. The topological polar surface area (TPSA) is 66.9 Å². The van der Waals surface area contributed by atoms with Crippen molar-refractivity contribution in [3.63, 3.8) is 0 Å². The molecule has 0 atom stereocenters. The predicted octanol–water partition coefficient (Wildman–Crippen LogP) is 2.05. The highest BCUT2D eigenvalue weighted by molar-refractivity contribution is 6.03. The van der Waals surface area contributed by atoms with E-state index in [2.05, 4.69) is 20.8 Å². The van der Waals surface area contributed by atoms with Gasteiger partial charge in [-0.1, -0.05) is 0 Å². The number of amides is 1. The molecule has 0 saturated carbocycles. The fraction of sp³-hybridized carbons (Fsp3) is 0.0833. The van der Waals surface area contributed by atoms with Gasteiger partial charge < -0.3 is 10.6 Å². The van der Waals surface area contributed by atoms with Crippen LogP contribution in [0, 0.1) is 11.6 Å². The fourth-order valence-corrected chi connectivity index (χ4v) is 1.50. The van der Waals surface area contributed by atoms with Gasteiger partial charge in [-0.3, -0.25) is 4.79 Å². The third kappa shape index (κ3) is 2.82. The summed E-state index contributed by atoms with van der Waals surface area (Å²) >= 11 is 0. The Morgan fingerprint density at radius 3 is 2.47 bits per heavy atom. The summed E-state index contributed by atoms with van der Waals surface area (Å²) in [7, 11) is 1.39. The molecular formula is C12H10F2N4O. The molecule has 0 spiro atoms. The van der Waals surface area contributed by atoms with Gasteiger partial charge in [0.15, 0.2) is 5.82 Å². The number of carbonyl (C=O) groups is 1. The van der Waals surface area contributed by atoms with E-state index in [0.29, 0.717) is 0 Å². The van der Waals surface area contributed by atoms with Crippen LogP contribution in [0.3, 0.4) is 0 Å². The zero-order chi connectivity index (χ0) is 13.8. The molecule has 0 aliphatic rings. The first kappa shape index (κ1) is 12.9. The summed E-state index contributed by atoms with van der Waals surface area (Å²) in [6.45, 7) is 0. The summed E-state index contributed by atoms with van der Waals surface area (Å²) in [4.78, 5) is 11.8. The zero-order valence-corrected chi connectivity index (χ0v) is 9.95. The first-order chi connectivity index (χ1) is 9.11. The molecule has 0 aliphatic carbocycles. The molecule has 0 unspecified atom stereocenters. The van der Waals surface area contributed by atoms with Crippen molar-refractivity contribution < 1.29 is 13.6 Å². The van der Waals surface area contributed by atoms with Crippen molar-refractivity contribution in [3.05, 3.63) is 47.7 Å². The average molecular weight is 264 g/mol. The number of nitrogens with zero attached hydrogens (tertiary/aromatic N) is 2. The van der Waals surface area contributed by atoms with E-state index in [4.69, 9.17) is 0 Å². The molecule has 1 aromatic carbocycles. The summed E-state index contributed by atoms with van der Waals surface area (Å²) in [5.41, 5.74) is -0.421. The van der Waals surface area contributed by atoms with E-state index in [9.17, 15) is 13.6 Å². The van der Waals surface area contributed by atoms with E-state index < -0.39 is 17.5 Å². The van der Waals surface area contributed by atoms with Crippen molar-refractivity contribution in [2.75, 3.05) is 17.7 Å². The highest BCUT2D eigenvalue weighted by atomic mass is 19.1. The number of hydrogen-bond acceptors (Lipinski definition) is 4. The molecule has 1 aromatic heterocycles. The number of anilines is 2. The third-order valence-corrected chi connectivity index (χ3v) is 2.37. The van der Waals surface area contributed by atoms with Crippen LogP contribution in [0.5, 0.6) is 0 Å². The summed E-state index contributed by atoms with van der Waals surface area (Å²) < 4.78 is 27.0. The normalized spacial score (nSPS) is 10.1. The van der Waals surface area contributed by atoms with Crippen LogP contribution < -0.4 is 10.6 Å². The molecule has 0 bridgehead atoms. The van der Waals surface area contributed by atoms with Gasteiger partial charge in [-0.05, 0) is 24.3 Å². The van der Waals surface area contributed by atoms with E-state index in [1.54, 1.807) is 6.07 Å². The molecule has 2 aromatic rings. The minimum atomic E-state index is -0.841. The van der Waals surface area contributed by atoms with Crippen LogP contribution in [0.2, 0.25) is 0 Å². The van der Waals surface area contributed by atoms with Crippen LogP contribution in [-0.4, -0.2) is 23.2 Å². The van der Waals surface area contributed by atoms with Crippen molar-refractivity contribution in [3.8, 4) is 0 Å². The quantitative estimate of drug-likeness (QED) is 0.890. The van der Waals surface area contributed by atoms with Gasteiger partial charge in [0.2, 0.25) is 0 Å². The van der Waals surface area contributed by atoms with Gasteiger partial charge in [0.25, 0.3) is 5.91 Å². The lowest BCUT2D eigenvalue weighted by atomic mass is 10.1. The van der Waals surface area contributed by atoms with Gasteiger partial charge in [-0.25, -0.2) is 8.78 Å². The number of aromatic nitrogens is 2. The maximum absolute atomic E-state index is 13.5. The van der Waals surface area contributed by atoms with Crippen molar-refractivity contribution in [1.82, 2.24) is 10.2 Å². The molecule has 0 fully saturated rings. The SMILES string of the molecule is CNc1c(F)cc(C(=O)Nc2cccnn2)cc1F. The second-order valence-corrected chi connectivity index (χ2v) is 3.63. The van der Waals surface area contributed by atoms with Crippen molar-refractivity contribution in [1.29, 1.82) is 0 Å². The molecule has 1 heterocycles. The second kappa shape index (κ2) is 5.38. The Morgan fingerprint density at radius 2 is 1.95 bits per heavy atom. The number of hydrogen-bond donors (Lipinski definition) is 2. The molecule has 5 nitrogen and oxygen atoms in total. The largest absolute Gasteiger partial charge is 0.383 e. The molecule has 2 N–H and O–H groups in total. The van der Waals surface area contributed by atoms with Gasteiger partial charge >= 0.3 is 0 Å². The maximum atomic E-state index is 13.5. The lowest BCUT2D eigenvalue weighted by molar-refractivity contribution is 0.102. The number of nitrogens with one attached hydrogen (secondary N) is 2. The Balaban J connectivity index is 2.25. The Kier molecular flexibility index (Phi) is 3.65. The molecule has 7 heteroatoms.